The number of H-pyrrole nitrogens is 1. The number of halogens is 2. The number of nitrogens with one attached hydrogen (secondary N) is 2. The third-order valence-electron chi connectivity index (χ3n) is 3.98. The lowest BCUT2D eigenvalue weighted by Gasteiger charge is -2.15. The average Bonchev–Trinajstić information content (AvgIpc) is 2.96. The second-order valence-corrected chi connectivity index (χ2v) is 6.35. The van der Waals surface area contributed by atoms with E-state index < -0.39 is 12.0 Å². The molecule has 3 rings (SSSR count). The Labute approximate surface area is 149 Å². The molecule has 24 heavy (non-hydrogen) atoms. The third-order valence-corrected chi connectivity index (χ3v) is 4.69. The van der Waals surface area contributed by atoms with Gasteiger partial charge in [0.25, 0.3) is 0 Å². The first kappa shape index (κ1) is 16.8. The number of aliphatic carboxylic acids is 1. The number of aromatic amines is 1. The quantitative estimate of drug-likeness (QED) is 0.613. The number of carbonyl (C=O) groups is 1. The molecule has 4 nitrogen and oxygen atoms in total. The zero-order chi connectivity index (χ0) is 17.1. The zero-order valence-corrected chi connectivity index (χ0v) is 14.2. The van der Waals surface area contributed by atoms with Gasteiger partial charge in [0.1, 0.15) is 6.04 Å². The van der Waals surface area contributed by atoms with Gasteiger partial charge in [0.2, 0.25) is 0 Å². The number of carboxylic acids is 1. The van der Waals surface area contributed by atoms with Crippen molar-refractivity contribution in [2.75, 3.05) is 0 Å². The number of rotatable bonds is 6. The summed E-state index contributed by atoms with van der Waals surface area (Å²) >= 11 is 12.3. The molecule has 0 aliphatic heterocycles. The molecule has 0 fully saturated rings. The van der Waals surface area contributed by atoms with E-state index >= 15 is 0 Å². The van der Waals surface area contributed by atoms with Crippen molar-refractivity contribution in [2.24, 2.45) is 0 Å². The van der Waals surface area contributed by atoms with Crippen LogP contribution in [0.25, 0.3) is 10.9 Å². The van der Waals surface area contributed by atoms with E-state index in [1.165, 1.54) is 0 Å². The average molecular weight is 363 g/mol. The smallest absolute Gasteiger partial charge is 0.321 e. The largest absolute Gasteiger partial charge is 0.480 e. The maximum Gasteiger partial charge on any atom is 0.321 e. The van der Waals surface area contributed by atoms with Gasteiger partial charge in [0, 0.05) is 45.7 Å². The Balaban J connectivity index is 1.77. The fourth-order valence-electron chi connectivity index (χ4n) is 2.69. The van der Waals surface area contributed by atoms with Crippen molar-refractivity contribution in [1.29, 1.82) is 0 Å². The Morgan fingerprint density at radius 3 is 2.54 bits per heavy atom. The summed E-state index contributed by atoms with van der Waals surface area (Å²) in [6, 6.07) is 12.3. The topological polar surface area (TPSA) is 65.1 Å². The van der Waals surface area contributed by atoms with E-state index in [9.17, 15) is 9.90 Å². The molecule has 3 aromatic rings. The summed E-state index contributed by atoms with van der Waals surface area (Å²) in [5, 5.41) is 14.6. The van der Waals surface area contributed by atoms with Gasteiger partial charge in [-0.15, -0.1) is 0 Å². The standard InChI is InChI=1S/C18H16Cl2N2O2/c19-14-5-3-6-15(20)13(14)10-22-17(18(23)24)8-11-9-21-16-7-2-1-4-12(11)16/h1-7,9,17,21-22H,8,10H2,(H,23,24). The van der Waals surface area contributed by atoms with Crippen LogP contribution < -0.4 is 5.32 Å². The molecule has 2 aromatic carbocycles. The Morgan fingerprint density at radius 1 is 1.12 bits per heavy atom. The second kappa shape index (κ2) is 7.26. The molecule has 6 heteroatoms. The molecule has 0 saturated carbocycles. The van der Waals surface area contributed by atoms with Crippen LogP contribution in [0.4, 0.5) is 0 Å². The lowest BCUT2D eigenvalue weighted by atomic mass is 10.0. The number of benzene rings is 2. The molecule has 0 aliphatic rings. The predicted octanol–water partition coefficient (Wildman–Crippen LogP) is 4.26. The molecular formula is C18H16Cl2N2O2. The molecule has 1 atom stereocenters. The van der Waals surface area contributed by atoms with E-state index in [0.717, 1.165) is 16.5 Å². The monoisotopic (exact) mass is 362 g/mol. The van der Waals surface area contributed by atoms with Crippen LogP contribution in [0.15, 0.2) is 48.7 Å². The number of fused-ring (bicyclic) bond motifs is 1. The van der Waals surface area contributed by atoms with Gasteiger partial charge in [0.15, 0.2) is 0 Å². The molecule has 1 unspecified atom stereocenters. The maximum absolute atomic E-state index is 11.6. The van der Waals surface area contributed by atoms with Crippen LogP contribution >= 0.6 is 23.2 Å². The molecule has 1 aromatic heterocycles. The molecule has 0 radical (unpaired) electrons. The van der Waals surface area contributed by atoms with E-state index in [4.69, 9.17) is 23.2 Å². The van der Waals surface area contributed by atoms with E-state index in [1.807, 2.05) is 30.5 Å². The minimum Gasteiger partial charge on any atom is -0.480 e. The highest BCUT2D eigenvalue weighted by molar-refractivity contribution is 6.35. The van der Waals surface area contributed by atoms with Gasteiger partial charge in [-0.25, -0.2) is 0 Å². The summed E-state index contributed by atoms with van der Waals surface area (Å²) in [6.45, 7) is 0.290. The van der Waals surface area contributed by atoms with Gasteiger partial charge >= 0.3 is 5.97 Å². The highest BCUT2D eigenvalue weighted by Gasteiger charge is 2.20. The van der Waals surface area contributed by atoms with Gasteiger partial charge in [0.05, 0.1) is 0 Å². The molecule has 0 saturated heterocycles. The molecule has 124 valence electrons. The Hall–Kier alpha value is -2.01. The number of hydrogen-bond acceptors (Lipinski definition) is 2. The molecule has 0 amide bonds. The van der Waals surface area contributed by atoms with Crippen molar-refractivity contribution in [3.63, 3.8) is 0 Å². The number of hydrogen-bond donors (Lipinski definition) is 3. The highest BCUT2D eigenvalue weighted by atomic mass is 35.5. The summed E-state index contributed by atoms with van der Waals surface area (Å²) in [4.78, 5) is 14.8. The minimum atomic E-state index is -0.913. The van der Waals surface area contributed by atoms with E-state index in [0.29, 0.717) is 22.0 Å². The van der Waals surface area contributed by atoms with E-state index in [1.54, 1.807) is 18.2 Å². The van der Waals surface area contributed by atoms with Crippen LogP contribution in [0.5, 0.6) is 0 Å². The van der Waals surface area contributed by atoms with Crippen molar-refractivity contribution < 1.29 is 9.90 Å². The van der Waals surface area contributed by atoms with Crippen LogP contribution in [0.2, 0.25) is 10.0 Å². The normalized spacial score (nSPS) is 12.4. The Bertz CT molecular complexity index is 856. The van der Waals surface area contributed by atoms with Gasteiger partial charge in [-0.1, -0.05) is 47.5 Å². The van der Waals surface area contributed by atoms with Crippen molar-refractivity contribution in [3.05, 3.63) is 69.8 Å². The van der Waals surface area contributed by atoms with Crippen molar-refractivity contribution in [2.45, 2.75) is 19.0 Å². The number of aromatic nitrogens is 1. The highest BCUT2D eigenvalue weighted by Crippen LogP contribution is 2.24. The molecule has 0 spiro atoms. The predicted molar refractivity (Wildman–Crippen MR) is 96.7 cm³/mol. The molecule has 0 aliphatic carbocycles. The first-order chi connectivity index (χ1) is 11.6. The summed E-state index contributed by atoms with van der Waals surface area (Å²) in [5.74, 6) is -0.913. The Kier molecular flexibility index (Phi) is 5.09. The summed E-state index contributed by atoms with van der Waals surface area (Å²) in [5.41, 5.74) is 2.65. The summed E-state index contributed by atoms with van der Waals surface area (Å²) in [6.07, 6.45) is 2.21. The van der Waals surface area contributed by atoms with Gasteiger partial charge in [-0.3, -0.25) is 10.1 Å². The summed E-state index contributed by atoms with van der Waals surface area (Å²) in [7, 11) is 0. The lowest BCUT2D eigenvalue weighted by Crippen LogP contribution is -2.38. The Morgan fingerprint density at radius 2 is 1.83 bits per heavy atom. The molecular weight excluding hydrogens is 347 g/mol. The van der Waals surface area contributed by atoms with Gasteiger partial charge in [-0.2, -0.15) is 0 Å². The fraction of sp³-hybridized carbons (Fsp3) is 0.167. The first-order valence-electron chi connectivity index (χ1n) is 7.50. The van der Waals surface area contributed by atoms with E-state index in [2.05, 4.69) is 10.3 Å². The van der Waals surface area contributed by atoms with Crippen LogP contribution in [-0.2, 0) is 17.8 Å². The van der Waals surface area contributed by atoms with Gasteiger partial charge < -0.3 is 10.1 Å². The lowest BCUT2D eigenvalue weighted by molar-refractivity contribution is -0.139. The van der Waals surface area contributed by atoms with Crippen molar-refractivity contribution in [1.82, 2.24) is 10.3 Å². The van der Waals surface area contributed by atoms with Crippen LogP contribution in [-0.4, -0.2) is 22.1 Å². The number of carboxylic acid groups (broad SMARTS) is 1. The molecule has 3 N–H and O–H groups in total. The van der Waals surface area contributed by atoms with E-state index in [-0.39, 0.29) is 6.54 Å². The SMILES string of the molecule is O=C(O)C(Cc1c[nH]c2ccccc12)NCc1c(Cl)cccc1Cl. The van der Waals surface area contributed by atoms with Gasteiger partial charge in [-0.05, 0) is 23.8 Å². The summed E-state index contributed by atoms with van der Waals surface area (Å²) < 4.78 is 0. The second-order valence-electron chi connectivity index (χ2n) is 5.54. The first-order valence-corrected chi connectivity index (χ1v) is 8.26. The van der Waals surface area contributed by atoms with Crippen LogP contribution in [0, 0.1) is 0 Å². The van der Waals surface area contributed by atoms with Crippen LogP contribution in [0.1, 0.15) is 11.1 Å². The zero-order valence-electron chi connectivity index (χ0n) is 12.7. The van der Waals surface area contributed by atoms with Crippen molar-refractivity contribution >= 4 is 40.1 Å². The third kappa shape index (κ3) is 3.56. The molecule has 1 heterocycles. The van der Waals surface area contributed by atoms with Crippen molar-refractivity contribution in [3.8, 4) is 0 Å². The minimum absolute atomic E-state index is 0.290. The van der Waals surface area contributed by atoms with Crippen LogP contribution in [0.3, 0.4) is 0 Å². The molecule has 0 bridgehead atoms. The maximum atomic E-state index is 11.6. The number of para-hydroxylation sites is 1. The fourth-order valence-corrected chi connectivity index (χ4v) is 3.22.